The van der Waals surface area contributed by atoms with Gasteiger partial charge in [-0.3, -0.25) is 0 Å². The van der Waals surface area contributed by atoms with Gasteiger partial charge in [-0.25, -0.2) is 0 Å². The number of aryl methyl sites for hydroxylation is 1. The van der Waals surface area contributed by atoms with Crippen molar-refractivity contribution >= 4 is 11.3 Å². The van der Waals surface area contributed by atoms with Gasteiger partial charge in [0.25, 0.3) is 0 Å². The van der Waals surface area contributed by atoms with Crippen molar-refractivity contribution in [1.29, 1.82) is 0 Å². The first-order valence-corrected chi connectivity index (χ1v) is 8.59. The molecule has 3 heteroatoms. The average molecular weight is 303 g/mol. The third kappa shape index (κ3) is 4.08. The van der Waals surface area contributed by atoms with Gasteiger partial charge in [-0.05, 0) is 54.4 Å². The summed E-state index contributed by atoms with van der Waals surface area (Å²) in [5.74, 6) is 0.982. The Labute approximate surface area is 132 Å². The van der Waals surface area contributed by atoms with Gasteiger partial charge in [0, 0.05) is 10.9 Å². The topological polar surface area (TPSA) is 21.3 Å². The minimum Gasteiger partial charge on any atom is -0.496 e. The Hall–Kier alpha value is -1.32. The molecule has 0 aliphatic rings. The van der Waals surface area contributed by atoms with Gasteiger partial charge in [-0.2, -0.15) is 0 Å². The maximum absolute atomic E-state index is 5.50. The molecule has 0 saturated carbocycles. The lowest BCUT2D eigenvalue weighted by atomic mass is 10.0. The molecule has 0 aliphatic carbocycles. The second-order valence-corrected chi connectivity index (χ2v) is 6.13. The van der Waals surface area contributed by atoms with E-state index in [9.17, 15) is 0 Å². The number of methoxy groups -OCH3 is 1. The molecule has 1 aromatic heterocycles. The van der Waals surface area contributed by atoms with E-state index in [0.29, 0.717) is 6.04 Å². The molecule has 0 saturated heterocycles. The molecule has 1 heterocycles. The summed E-state index contributed by atoms with van der Waals surface area (Å²) in [5.41, 5.74) is 2.73. The van der Waals surface area contributed by atoms with Crippen LogP contribution in [0.4, 0.5) is 0 Å². The maximum Gasteiger partial charge on any atom is 0.122 e. The van der Waals surface area contributed by atoms with Crippen LogP contribution in [-0.2, 0) is 12.8 Å². The molecule has 21 heavy (non-hydrogen) atoms. The minimum atomic E-state index is 0.371. The SMILES string of the molecule is CCCNC(Cc1ccccc1OC)c1sccc1CC. The maximum atomic E-state index is 5.50. The second-order valence-electron chi connectivity index (χ2n) is 5.19. The number of ether oxygens (including phenoxy) is 1. The van der Waals surface area contributed by atoms with E-state index in [1.807, 2.05) is 23.5 Å². The smallest absolute Gasteiger partial charge is 0.122 e. The van der Waals surface area contributed by atoms with Crippen LogP contribution in [0.15, 0.2) is 35.7 Å². The van der Waals surface area contributed by atoms with Crippen LogP contribution < -0.4 is 10.1 Å². The van der Waals surface area contributed by atoms with Gasteiger partial charge in [0.2, 0.25) is 0 Å². The molecule has 0 spiro atoms. The van der Waals surface area contributed by atoms with Crippen LogP contribution in [0.1, 0.15) is 42.3 Å². The molecule has 0 radical (unpaired) electrons. The predicted octanol–water partition coefficient (Wildman–Crippen LogP) is 4.60. The van der Waals surface area contributed by atoms with Gasteiger partial charge in [-0.1, -0.05) is 32.0 Å². The molecule has 0 bridgehead atoms. The summed E-state index contributed by atoms with van der Waals surface area (Å²) < 4.78 is 5.50. The van der Waals surface area contributed by atoms with Crippen molar-refractivity contribution in [2.24, 2.45) is 0 Å². The Bertz CT molecular complexity index is 550. The highest BCUT2D eigenvalue weighted by molar-refractivity contribution is 7.10. The summed E-state index contributed by atoms with van der Waals surface area (Å²) in [5, 5.41) is 5.91. The van der Waals surface area contributed by atoms with Crippen LogP contribution >= 0.6 is 11.3 Å². The van der Waals surface area contributed by atoms with Crippen molar-refractivity contribution in [3.05, 3.63) is 51.7 Å². The highest BCUT2D eigenvalue weighted by Crippen LogP contribution is 2.30. The van der Waals surface area contributed by atoms with Crippen LogP contribution in [0, 0.1) is 0 Å². The normalized spacial score (nSPS) is 12.3. The molecular formula is C18H25NOS. The number of hydrogen-bond acceptors (Lipinski definition) is 3. The van der Waals surface area contributed by atoms with E-state index >= 15 is 0 Å². The summed E-state index contributed by atoms with van der Waals surface area (Å²) in [6, 6.07) is 10.9. The second kappa shape index (κ2) is 8.20. The highest BCUT2D eigenvalue weighted by atomic mass is 32.1. The number of rotatable bonds is 8. The van der Waals surface area contributed by atoms with Gasteiger partial charge in [0.15, 0.2) is 0 Å². The van der Waals surface area contributed by atoms with E-state index in [2.05, 4.69) is 42.7 Å². The molecular weight excluding hydrogens is 278 g/mol. The zero-order valence-electron chi connectivity index (χ0n) is 13.2. The van der Waals surface area contributed by atoms with Crippen molar-refractivity contribution in [3.8, 4) is 5.75 Å². The number of para-hydroxylation sites is 1. The Balaban J connectivity index is 2.24. The van der Waals surface area contributed by atoms with Gasteiger partial charge < -0.3 is 10.1 Å². The summed E-state index contributed by atoms with van der Waals surface area (Å²) in [6.07, 6.45) is 3.21. The predicted molar refractivity (Wildman–Crippen MR) is 91.4 cm³/mol. The van der Waals surface area contributed by atoms with Crippen LogP contribution in [0.5, 0.6) is 5.75 Å². The molecule has 0 fully saturated rings. The third-order valence-electron chi connectivity index (χ3n) is 3.74. The molecule has 1 aromatic carbocycles. The van der Waals surface area contributed by atoms with E-state index < -0.39 is 0 Å². The number of benzene rings is 1. The largest absolute Gasteiger partial charge is 0.496 e. The molecule has 2 nitrogen and oxygen atoms in total. The van der Waals surface area contributed by atoms with Crippen LogP contribution in [0.25, 0.3) is 0 Å². The van der Waals surface area contributed by atoms with Gasteiger partial charge >= 0.3 is 0 Å². The fourth-order valence-electron chi connectivity index (χ4n) is 2.61. The van der Waals surface area contributed by atoms with E-state index in [0.717, 1.165) is 31.6 Å². The van der Waals surface area contributed by atoms with E-state index in [1.165, 1.54) is 16.0 Å². The van der Waals surface area contributed by atoms with Gasteiger partial charge in [0.1, 0.15) is 5.75 Å². The monoisotopic (exact) mass is 303 g/mol. The zero-order valence-corrected chi connectivity index (χ0v) is 14.0. The van der Waals surface area contributed by atoms with Crippen molar-refractivity contribution in [1.82, 2.24) is 5.32 Å². The quantitative estimate of drug-likeness (QED) is 0.769. The first kappa shape index (κ1) is 16.1. The first-order chi connectivity index (χ1) is 10.3. The van der Waals surface area contributed by atoms with Crippen molar-refractivity contribution < 1.29 is 4.74 Å². The standard InChI is InChI=1S/C18H25NOS/c1-4-11-19-16(18-14(5-2)10-12-21-18)13-15-8-6-7-9-17(15)20-3/h6-10,12,16,19H,4-5,11,13H2,1-3H3. The lowest BCUT2D eigenvalue weighted by Gasteiger charge is -2.20. The van der Waals surface area contributed by atoms with Crippen molar-refractivity contribution in [2.45, 2.75) is 39.2 Å². The molecule has 1 atom stereocenters. The third-order valence-corrected chi connectivity index (χ3v) is 4.81. The average Bonchev–Trinajstić information content (AvgIpc) is 3.00. The molecule has 2 aromatic rings. The molecule has 1 unspecified atom stereocenters. The molecule has 0 amide bonds. The van der Waals surface area contributed by atoms with E-state index in [-0.39, 0.29) is 0 Å². The summed E-state index contributed by atoms with van der Waals surface area (Å²) >= 11 is 1.86. The Morgan fingerprint density at radius 3 is 2.67 bits per heavy atom. The fourth-order valence-corrected chi connectivity index (χ4v) is 3.69. The minimum absolute atomic E-state index is 0.371. The van der Waals surface area contributed by atoms with Crippen molar-refractivity contribution in [3.63, 3.8) is 0 Å². The van der Waals surface area contributed by atoms with E-state index in [4.69, 9.17) is 4.74 Å². The lowest BCUT2D eigenvalue weighted by Crippen LogP contribution is -2.24. The number of nitrogens with one attached hydrogen (secondary N) is 1. The van der Waals surface area contributed by atoms with Crippen LogP contribution in [-0.4, -0.2) is 13.7 Å². The number of hydrogen-bond donors (Lipinski definition) is 1. The van der Waals surface area contributed by atoms with Crippen LogP contribution in [0.3, 0.4) is 0 Å². The molecule has 114 valence electrons. The number of thiophene rings is 1. The van der Waals surface area contributed by atoms with Gasteiger partial charge in [-0.15, -0.1) is 11.3 Å². The molecule has 1 N–H and O–H groups in total. The Kier molecular flexibility index (Phi) is 6.27. The fraction of sp³-hybridized carbons (Fsp3) is 0.444. The summed E-state index contributed by atoms with van der Waals surface area (Å²) in [7, 11) is 1.75. The molecule has 2 rings (SSSR count). The van der Waals surface area contributed by atoms with Crippen LogP contribution in [0.2, 0.25) is 0 Å². The Morgan fingerprint density at radius 1 is 1.14 bits per heavy atom. The summed E-state index contributed by atoms with van der Waals surface area (Å²) in [6.45, 7) is 5.48. The first-order valence-electron chi connectivity index (χ1n) is 7.71. The van der Waals surface area contributed by atoms with E-state index in [1.54, 1.807) is 7.11 Å². The zero-order chi connectivity index (χ0) is 15.1. The Morgan fingerprint density at radius 2 is 1.95 bits per heavy atom. The highest BCUT2D eigenvalue weighted by Gasteiger charge is 2.17. The summed E-state index contributed by atoms with van der Waals surface area (Å²) in [4.78, 5) is 1.47. The molecule has 0 aliphatic heterocycles. The van der Waals surface area contributed by atoms with Gasteiger partial charge in [0.05, 0.1) is 7.11 Å². The lowest BCUT2D eigenvalue weighted by molar-refractivity contribution is 0.405. The van der Waals surface area contributed by atoms with Crippen molar-refractivity contribution in [2.75, 3.05) is 13.7 Å².